The highest BCUT2D eigenvalue weighted by Crippen LogP contribution is 2.40. The third-order valence-electron chi connectivity index (χ3n) is 11.2. The van der Waals surface area contributed by atoms with Crippen molar-refractivity contribution in [2.45, 2.75) is 0 Å². The first kappa shape index (κ1) is 32.1. The molecule has 6 heteroatoms. The number of aromatic nitrogens is 3. The number of nitrogens with zero attached hydrogens (tertiary/aromatic N) is 6. The lowest BCUT2D eigenvalue weighted by atomic mass is 10.0. The van der Waals surface area contributed by atoms with Crippen molar-refractivity contribution in [2.75, 3.05) is 0 Å². The van der Waals surface area contributed by atoms with E-state index in [2.05, 4.69) is 128 Å². The number of hydrogen-bond donors (Lipinski definition) is 0. The Morgan fingerprint density at radius 2 is 0.842 bits per heavy atom. The summed E-state index contributed by atoms with van der Waals surface area (Å²) >= 11 is 0. The Morgan fingerprint density at radius 3 is 1.42 bits per heavy atom. The zero-order valence-corrected chi connectivity index (χ0v) is 30.3. The number of fused-ring (bicyclic) bond motifs is 9. The van der Waals surface area contributed by atoms with E-state index in [0.717, 1.165) is 93.6 Å². The molecule has 0 aliphatic rings. The molecular formula is C51H28N6. The molecule has 57 heavy (non-hydrogen) atoms. The van der Waals surface area contributed by atoms with Gasteiger partial charge in [-0.15, -0.1) is 0 Å². The molecule has 0 fully saturated rings. The van der Waals surface area contributed by atoms with E-state index in [1.165, 1.54) is 0 Å². The van der Waals surface area contributed by atoms with Crippen molar-refractivity contribution in [1.82, 2.24) is 13.7 Å². The van der Waals surface area contributed by atoms with Crippen LogP contribution in [0.5, 0.6) is 0 Å². The zero-order chi connectivity index (χ0) is 38.2. The highest BCUT2D eigenvalue weighted by atomic mass is 15.0. The smallest absolute Gasteiger partial charge is 0.189 e. The number of benzene rings is 8. The molecular weight excluding hydrogens is 697 g/mol. The number of rotatable bonds is 4. The van der Waals surface area contributed by atoms with Crippen LogP contribution in [0.25, 0.3) is 98.5 Å². The predicted octanol–water partition coefficient (Wildman–Crippen LogP) is 12.9. The molecule has 0 amide bonds. The van der Waals surface area contributed by atoms with Gasteiger partial charge in [0, 0.05) is 49.4 Å². The van der Waals surface area contributed by atoms with E-state index in [4.69, 9.17) is 6.57 Å². The fraction of sp³-hybridized carbons (Fsp3) is 0. The van der Waals surface area contributed by atoms with Crippen LogP contribution in [0.2, 0.25) is 0 Å². The summed E-state index contributed by atoms with van der Waals surface area (Å²) in [7, 11) is 0. The van der Waals surface area contributed by atoms with Crippen LogP contribution in [0.3, 0.4) is 0 Å². The maximum atomic E-state index is 10.5. The lowest BCUT2D eigenvalue weighted by Gasteiger charge is -2.15. The summed E-state index contributed by atoms with van der Waals surface area (Å²) in [5.74, 6) is 0. The van der Waals surface area contributed by atoms with E-state index < -0.39 is 0 Å². The van der Waals surface area contributed by atoms with Gasteiger partial charge in [-0.1, -0.05) is 78.9 Å². The molecule has 0 radical (unpaired) electrons. The van der Waals surface area contributed by atoms with Gasteiger partial charge in [0.15, 0.2) is 5.69 Å². The highest BCUT2D eigenvalue weighted by molar-refractivity contribution is 6.13. The Labute approximate surface area is 326 Å². The van der Waals surface area contributed by atoms with Gasteiger partial charge in [-0.3, -0.25) is 0 Å². The largest absolute Gasteiger partial charge is 0.310 e. The number of nitriles is 2. The minimum absolute atomic E-state index is 0.517. The first-order chi connectivity index (χ1) is 28.1. The Kier molecular flexibility index (Phi) is 6.95. The fourth-order valence-corrected chi connectivity index (χ4v) is 8.82. The van der Waals surface area contributed by atoms with Crippen LogP contribution in [-0.4, -0.2) is 13.7 Å². The lowest BCUT2D eigenvalue weighted by Crippen LogP contribution is -1.98. The van der Waals surface area contributed by atoms with Crippen LogP contribution in [0, 0.1) is 29.2 Å². The molecule has 11 aromatic rings. The van der Waals surface area contributed by atoms with Gasteiger partial charge in [0.05, 0.1) is 62.9 Å². The monoisotopic (exact) mass is 724 g/mol. The summed E-state index contributed by atoms with van der Waals surface area (Å²) in [4.78, 5) is 3.92. The molecule has 0 bridgehead atoms. The van der Waals surface area contributed by atoms with Crippen molar-refractivity contribution in [3.63, 3.8) is 0 Å². The predicted molar refractivity (Wildman–Crippen MR) is 231 cm³/mol. The first-order valence-electron chi connectivity index (χ1n) is 18.7. The zero-order valence-electron chi connectivity index (χ0n) is 30.3. The van der Waals surface area contributed by atoms with Crippen LogP contribution in [0.1, 0.15) is 11.1 Å². The molecule has 0 aliphatic heterocycles. The van der Waals surface area contributed by atoms with Crippen molar-refractivity contribution in [1.29, 1.82) is 10.5 Å². The molecule has 8 aromatic carbocycles. The standard InChI is InChI=1S/C51H28N6/c1-54-36-25-35(27-39(28-36)56-46-14-6-2-10-40(46)41-11-3-7-15-47(41)56)34-22-33(31-53)23-38(26-34)57-48-16-8-4-12-42(48)44-20-19-37(29-51(44)57)55-49-17-9-5-13-43(49)45-24-32(30-52)18-21-50(45)55/h2-29H. The van der Waals surface area contributed by atoms with Gasteiger partial charge in [-0.05, 0) is 102 Å². The maximum absolute atomic E-state index is 10.5. The van der Waals surface area contributed by atoms with E-state index in [1.807, 2.05) is 72.8 Å². The second-order valence-electron chi connectivity index (χ2n) is 14.4. The molecule has 0 saturated carbocycles. The van der Waals surface area contributed by atoms with Crippen LogP contribution in [0.4, 0.5) is 5.69 Å². The molecule has 3 heterocycles. The molecule has 262 valence electrons. The molecule has 0 aliphatic carbocycles. The van der Waals surface area contributed by atoms with Crippen molar-refractivity contribution in [3.8, 4) is 40.3 Å². The Hall–Kier alpha value is -8.37. The third kappa shape index (κ3) is 4.81. The van der Waals surface area contributed by atoms with Crippen LogP contribution < -0.4 is 0 Å². The van der Waals surface area contributed by atoms with E-state index in [1.54, 1.807) is 0 Å². The maximum Gasteiger partial charge on any atom is 0.189 e. The second kappa shape index (κ2) is 12.3. The Bertz CT molecular complexity index is 3580. The minimum atomic E-state index is 0.517. The quantitative estimate of drug-likeness (QED) is 0.170. The molecule has 0 spiro atoms. The summed E-state index contributed by atoms with van der Waals surface area (Å²) in [5.41, 5.74) is 12.3. The summed E-state index contributed by atoms with van der Waals surface area (Å²) in [6.07, 6.45) is 0. The second-order valence-corrected chi connectivity index (χ2v) is 14.4. The average Bonchev–Trinajstić information content (AvgIpc) is 3.91. The van der Waals surface area contributed by atoms with Crippen molar-refractivity contribution < 1.29 is 0 Å². The SMILES string of the molecule is [C-]#[N+]c1cc(-c2cc(C#N)cc(-n3c4ccccc4c4ccc(-n5c6ccccc6c6cc(C#N)ccc65)cc43)c2)cc(-n2c3ccccc3c3ccccc32)c1. The normalized spacial score (nSPS) is 11.5. The summed E-state index contributed by atoms with van der Waals surface area (Å²) in [5, 5.41) is 26.8. The molecule has 0 unspecified atom stereocenters. The molecule has 0 saturated heterocycles. The molecule has 3 aromatic heterocycles. The molecule has 11 rings (SSSR count). The number of para-hydroxylation sites is 4. The third-order valence-corrected chi connectivity index (χ3v) is 11.2. The van der Waals surface area contributed by atoms with E-state index in [-0.39, 0.29) is 0 Å². The first-order valence-corrected chi connectivity index (χ1v) is 18.7. The topological polar surface area (TPSA) is 66.7 Å². The van der Waals surface area contributed by atoms with Gasteiger partial charge in [0.1, 0.15) is 0 Å². The summed E-state index contributed by atoms with van der Waals surface area (Å²) < 4.78 is 6.73. The van der Waals surface area contributed by atoms with Gasteiger partial charge in [-0.25, -0.2) is 4.85 Å². The Morgan fingerprint density at radius 1 is 0.368 bits per heavy atom. The van der Waals surface area contributed by atoms with Gasteiger partial charge >= 0.3 is 0 Å². The minimum Gasteiger partial charge on any atom is -0.310 e. The lowest BCUT2D eigenvalue weighted by molar-refractivity contribution is 1.15. The fourth-order valence-electron chi connectivity index (χ4n) is 8.82. The van der Waals surface area contributed by atoms with Gasteiger partial charge < -0.3 is 13.7 Å². The van der Waals surface area contributed by atoms with Gasteiger partial charge in [-0.2, -0.15) is 10.5 Å². The average molecular weight is 725 g/mol. The van der Waals surface area contributed by atoms with Gasteiger partial charge in [0.2, 0.25) is 0 Å². The molecule has 0 N–H and O–H groups in total. The highest BCUT2D eigenvalue weighted by Gasteiger charge is 2.19. The molecule has 6 nitrogen and oxygen atoms in total. The summed E-state index contributed by atoms with van der Waals surface area (Å²) in [6, 6.07) is 62.5. The van der Waals surface area contributed by atoms with Crippen molar-refractivity contribution in [3.05, 3.63) is 192 Å². The Balaban J connectivity index is 1.15. The van der Waals surface area contributed by atoms with Gasteiger partial charge in [0.25, 0.3) is 0 Å². The van der Waals surface area contributed by atoms with Crippen LogP contribution in [0.15, 0.2) is 170 Å². The molecule has 0 atom stereocenters. The van der Waals surface area contributed by atoms with Crippen molar-refractivity contribution >= 4 is 71.1 Å². The van der Waals surface area contributed by atoms with E-state index in [9.17, 15) is 10.5 Å². The van der Waals surface area contributed by atoms with E-state index >= 15 is 0 Å². The van der Waals surface area contributed by atoms with E-state index in [0.29, 0.717) is 16.8 Å². The van der Waals surface area contributed by atoms with Crippen LogP contribution in [-0.2, 0) is 0 Å². The summed E-state index contributed by atoms with van der Waals surface area (Å²) in [6.45, 7) is 8.11. The number of hydrogen-bond acceptors (Lipinski definition) is 2. The van der Waals surface area contributed by atoms with Crippen molar-refractivity contribution in [2.24, 2.45) is 0 Å². The van der Waals surface area contributed by atoms with Crippen LogP contribution >= 0.6 is 0 Å².